The number of carbonyl (C=O) groups excluding carboxylic acids is 1. The average Bonchev–Trinajstić information content (AvgIpc) is 3.45. The molecule has 0 spiro atoms. The minimum absolute atomic E-state index is 0.222. The van der Waals surface area contributed by atoms with Crippen molar-refractivity contribution in [3.05, 3.63) is 113 Å². The van der Waals surface area contributed by atoms with E-state index < -0.39 is 0 Å². The molecule has 0 aliphatic carbocycles. The van der Waals surface area contributed by atoms with Crippen LogP contribution in [0.1, 0.15) is 21.7 Å². The number of aromatic nitrogens is 3. The van der Waals surface area contributed by atoms with E-state index in [9.17, 15) is 4.79 Å². The van der Waals surface area contributed by atoms with E-state index in [1.165, 1.54) is 0 Å². The van der Waals surface area contributed by atoms with Crippen LogP contribution in [0, 0.1) is 6.92 Å². The second kappa shape index (κ2) is 7.97. The van der Waals surface area contributed by atoms with E-state index in [2.05, 4.69) is 5.10 Å². The molecule has 0 atom stereocenters. The van der Waals surface area contributed by atoms with Crippen molar-refractivity contribution in [1.29, 1.82) is 0 Å². The number of nitrogens with zero attached hydrogens (tertiary/aromatic N) is 3. The number of carbonyl (C=O) groups is 1. The highest BCUT2D eigenvalue weighted by Gasteiger charge is 2.24. The summed E-state index contributed by atoms with van der Waals surface area (Å²) in [7, 11) is 0. The molecule has 3 heterocycles. The van der Waals surface area contributed by atoms with Crippen LogP contribution in [0.15, 0.2) is 95.5 Å². The molecular weight excluding hydrogens is 446 g/mol. The van der Waals surface area contributed by atoms with Gasteiger partial charge < -0.3 is 4.42 Å². The molecule has 5 nitrogen and oxygen atoms in total. The highest BCUT2D eigenvalue weighted by molar-refractivity contribution is 6.30. The van der Waals surface area contributed by atoms with Gasteiger partial charge in [0.25, 0.3) is 0 Å². The van der Waals surface area contributed by atoms with Gasteiger partial charge in [-0.1, -0.05) is 53.6 Å². The van der Waals surface area contributed by atoms with Crippen LogP contribution in [0.3, 0.4) is 0 Å². The van der Waals surface area contributed by atoms with Gasteiger partial charge in [0.1, 0.15) is 5.58 Å². The molecule has 0 aliphatic heterocycles. The van der Waals surface area contributed by atoms with Crippen molar-refractivity contribution in [3.8, 4) is 22.5 Å². The van der Waals surface area contributed by atoms with Crippen LogP contribution in [0.25, 0.3) is 39.1 Å². The lowest BCUT2D eigenvalue weighted by Gasteiger charge is -2.04. The summed E-state index contributed by atoms with van der Waals surface area (Å²) in [5.41, 5.74) is 6.04. The second-order valence-corrected chi connectivity index (χ2v) is 8.59. The third kappa shape index (κ3) is 3.47. The Balaban J connectivity index is 1.54. The monoisotopic (exact) mass is 463 g/mol. The third-order valence-electron chi connectivity index (χ3n) is 5.81. The smallest absolute Gasteiger partial charge is 0.228 e. The molecule has 0 aliphatic rings. The van der Waals surface area contributed by atoms with Gasteiger partial charge in [0, 0.05) is 33.8 Å². The zero-order chi connectivity index (χ0) is 23.2. The zero-order valence-corrected chi connectivity index (χ0v) is 19.0. The number of hydrogen-bond acceptors (Lipinski definition) is 4. The number of benzene rings is 3. The lowest BCUT2D eigenvalue weighted by molar-refractivity contribution is 0.101. The van der Waals surface area contributed by atoms with E-state index in [0.717, 1.165) is 22.2 Å². The molecular formula is C28H18ClN3O2. The van der Waals surface area contributed by atoms with Crippen molar-refractivity contribution in [2.75, 3.05) is 0 Å². The predicted octanol–water partition coefficient (Wildman–Crippen LogP) is 7.00. The number of rotatable bonds is 4. The molecule has 3 aromatic heterocycles. The lowest BCUT2D eigenvalue weighted by Crippen LogP contribution is -2.02. The first-order chi connectivity index (χ1) is 16.6. The Bertz CT molecular complexity index is 1680. The molecule has 0 amide bonds. The summed E-state index contributed by atoms with van der Waals surface area (Å²) in [6.45, 7) is 2.01. The highest BCUT2D eigenvalue weighted by atomic mass is 35.5. The van der Waals surface area contributed by atoms with Crippen molar-refractivity contribution < 1.29 is 9.21 Å². The number of aryl methyl sites for hydroxylation is 1. The zero-order valence-electron chi connectivity index (χ0n) is 18.2. The predicted molar refractivity (Wildman–Crippen MR) is 133 cm³/mol. The van der Waals surface area contributed by atoms with Crippen LogP contribution >= 0.6 is 11.6 Å². The van der Waals surface area contributed by atoms with Crippen LogP contribution in [-0.4, -0.2) is 20.4 Å². The van der Waals surface area contributed by atoms with E-state index >= 15 is 0 Å². The minimum atomic E-state index is -0.222. The van der Waals surface area contributed by atoms with E-state index in [1.807, 2.05) is 73.8 Å². The first-order valence-electron chi connectivity index (χ1n) is 10.8. The number of ketones is 1. The molecule has 0 unspecified atom stereocenters. The van der Waals surface area contributed by atoms with Crippen LogP contribution in [0.2, 0.25) is 5.02 Å². The molecule has 0 fully saturated rings. The Morgan fingerprint density at radius 2 is 1.71 bits per heavy atom. The van der Waals surface area contributed by atoms with Gasteiger partial charge in [0.15, 0.2) is 11.4 Å². The first-order valence-corrected chi connectivity index (χ1v) is 11.2. The molecule has 6 heteroatoms. The van der Waals surface area contributed by atoms with Gasteiger partial charge in [-0.05, 0) is 49.4 Å². The SMILES string of the molecule is Cc1ccc2oc(C(=O)c3ccc(Cl)cc3)c(-c3ccn4nc(-c5ccccc5)cc4n3)c2c1. The summed E-state index contributed by atoms with van der Waals surface area (Å²) in [4.78, 5) is 18.3. The quantitative estimate of drug-likeness (QED) is 0.264. The van der Waals surface area contributed by atoms with E-state index in [0.29, 0.717) is 33.1 Å². The van der Waals surface area contributed by atoms with Gasteiger partial charge in [0.2, 0.25) is 5.78 Å². The molecule has 0 saturated carbocycles. The minimum Gasteiger partial charge on any atom is -0.452 e. The Morgan fingerprint density at radius 1 is 0.912 bits per heavy atom. The van der Waals surface area contributed by atoms with Crippen LogP contribution in [0.5, 0.6) is 0 Å². The lowest BCUT2D eigenvalue weighted by atomic mass is 10.0. The summed E-state index contributed by atoms with van der Waals surface area (Å²) in [5.74, 6) is 0.0308. The van der Waals surface area contributed by atoms with Crippen molar-refractivity contribution >= 4 is 34.0 Å². The molecule has 0 bridgehead atoms. The summed E-state index contributed by atoms with van der Waals surface area (Å²) in [5, 5.41) is 6.06. The summed E-state index contributed by atoms with van der Waals surface area (Å²) in [6, 6.07) is 26.4. The molecule has 164 valence electrons. The fourth-order valence-corrected chi connectivity index (χ4v) is 4.25. The molecule has 3 aromatic carbocycles. The molecule has 0 saturated heterocycles. The van der Waals surface area contributed by atoms with Crippen molar-refractivity contribution in [2.45, 2.75) is 6.92 Å². The summed E-state index contributed by atoms with van der Waals surface area (Å²) in [6.07, 6.45) is 1.86. The van der Waals surface area contributed by atoms with E-state index in [-0.39, 0.29) is 11.5 Å². The van der Waals surface area contributed by atoms with Crippen LogP contribution in [0.4, 0.5) is 0 Å². The number of hydrogen-bond donors (Lipinski definition) is 0. The standard InChI is InChI=1S/C28H18ClN3O2/c1-17-7-12-24-21(15-17)26(28(34-24)27(33)19-8-10-20(29)11-9-19)22-13-14-32-25(30-22)16-23(31-32)18-5-3-2-4-6-18/h2-16H,1H3. The Kier molecular flexibility index (Phi) is 4.78. The van der Waals surface area contributed by atoms with Gasteiger partial charge >= 0.3 is 0 Å². The molecule has 34 heavy (non-hydrogen) atoms. The molecule has 6 aromatic rings. The van der Waals surface area contributed by atoms with Gasteiger partial charge in [-0.25, -0.2) is 9.50 Å². The van der Waals surface area contributed by atoms with E-state index in [4.69, 9.17) is 21.0 Å². The van der Waals surface area contributed by atoms with Crippen LogP contribution in [-0.2, 0) is 0 Å². The van der Waals surface area contributed by atoms with Gasteiger partial charge in [-0.15, -0.1) is 0 Å². The maximum Gasteiger partial charge on any atom is 0.228 e. The number of fused-ring (bicyclic) bond motifs is 2. The van der Waals surface area contributed by atoms with E-state index in [1.54, 1.807) is 28.8 Å². The fraction of sp³-hybridized carbons (Fsp3) is 0.0357. The topological polar surface area (TPSA) is 60.4 Å². The molecule has 6 rings (SSSR count). The Labute approximate surface area is 200 Å². The third-order valence-corrected chi connectivity index (χ3v) is 6.06. The van der Waals surface area contributed by atoms with Gasteiger partial charge in [0.05, 0.1) is 17.0 Å². The first kappa shape index (κ1) is 20.4. The van der Waals surface area contributed by atoms with Crippen LogP contribution < -0.4 is 0 Å². The highest BCUT2D eigenvalue weighted by Crippen LogP contribution is 2.36. The average molecular weight is 464 g/mol. The van der Waals surface area contributed by atoms with Crippen molar-refractivity contribution in [3.63, 3.8) is 0 Å². The normalized spacial score (nSPS) is 11.4. The Morgan fingerprint density at radius 3 is 2.50 bits per heavy atom. The summed E-state index contributed by atoms with van der Waals surface area (Å²) >= 11 is 6.02. The molecule has 0 radical (unpaired) electrons. The largest absolute Gasteiger partial charge is 0.452 e. The van der Waals surface area contributed by atoms with Crippen molar-refractivity contribution in [1.82, 2.24) is 14.6 Å². The van der Waals surface area contributed by atoms with Gasteiger partial charge in [-0.3, -0.25) is 4.79 Å². The van der Waals surface area contributed by atoms with Crippen molar-refractivity contribution in [2.24, 2.45) is 0 Å². The fourth-order valence-electron chi connectivity index (χ4n) is 4.13. The number of halogens is 1. The number of furan rings is 1. The Hall–Kier alpha value is -4.22. The second-order valence-electron chi connectivity index (χ2n) is 8.15. The maximum atomic E-state index is 13.5. The summed E-state index contributed by atoms with van der Waals surface area (Å²) < 4.78 is 7.83. The maximum absolute atomic E-state index is 13.5. The van der Waals surface area contributed by atoms with Gasteiger partial charge in [-0.2, -0.15) is 5.10 Å². The molecule has 0 N–H and O–H groups in total.